The Balaban J connectivity index is 2.06. The van der Waals surface area contributed by atoms with Crippen LogP contribution in [0.25, 0.3) is 11.1 Å². The second kappa shape index (κ2) is 12.6. The maximum Gasteiger partial charge on any atom is 0.220 e. The summed E-state index contributed by atoms with van der Waals surface area (Å²) < 4.78 is 10.3. The third kappa shape index (κ3) is 8.28. The predicted octanol–water partition coefficient (Wildman–Crippen LogP) is 5.09. The van der Waals surface area contributed by atoms with Crippen molar-refractivity contribution in [1.82, 2.24) is 5.32 Å². The number of allylic oxidation sites excluding steroid dienone is 1. The predicted molar refractivity (Wildman–Crippen MR) is 124 cm³/mol. The van der Waals surface area contributed by atoms with Crippen molar-refractivity contribution in [3.8, 4) is 16.9 Å². The fourth-order valence-electron chi connectivity index (χ4n) is 3.41. The van der Waals surface area contributed by atoms with Gasteiger partial charge in [0.25, 0.3) is 0 Å². The maximum atomic E-state index is 12.4. The summed E-state index contributed by atoms with van der Waals surface area (Å²) in [6.45, 7) is 5.73. The lowest BCUT2D eigenvalue weighted by Gasteiger charge is -2.19. The highest BCUT2D eigenvalue weighted by Gasteiger charge is 2.17. The summed E-state index contributed by atoms with van der Waals surface area (Å²) >= 11 is 0. The number of ether oxygens (including phenoxy) is 2. The number of nitrogens with one attached hydrogen (secondary N) is 1. The van der Waals surface area contributed by atoms with Crippen molar-refractivity contribution in [2.75, 3.05) is 14.2 Å². The first-order valence-electron chi connectivity index (χ1n) is 10.7. The van der Waals surface area contributed by atoms with Crippen LogP contribution in [-0.4, -0.2) is 32.0 Å². The van der Waals surface area contributed by atoms with E-state index in [2.05, 4.69) is 24.0 Å². The van der Waals surface area contributed by atoms with Gasteiger partial charge in [-0.3, -0.25) is 9.59 Å². The Morgan fingerprint density at radius 3 is 2.39 bits per heavy atom. The van der Waals surface area contributed by atoms with Gasteiger partial charge in [-0.15, -0.1) is 0 Å². The van der Waals surface area contributed by atoms with Gasteiger partial charge in [0.05, 0.1) is 20.0 Å². The summed E-state index contributed by atoms with van der Waals surface area (Å²) in [5.74, 6) is 1.46. The normalized spacial score (nSPS) is 11.5. The molecule has 0 heterocycles. The van der Waals surface area contributed by atoms with Gasteiger partial charge in [-0.1, -0.05) is 49.9 Å². The Bertz CT molecular complexity index is 873. The van der Waals surface area contributed by atoms with Crippen LogP contribution in [0, 0.1) is 0 Å². The van der Waals surface area contributed by atoms with Gasteiger partial charge in [-0.25, -0.2) is 0 Å². The number of methoxy groups -OCH3 is 2. The third-order valence-electron chi connectivity index (χ3n) is 5.13. The molecule has 0 aliphatic heterocycles. The Morgan fingerprint density at radius 2 is 1.74 bits per heavy atom. The first-order valence-corrected chi connectivity index (χ1v) is 10.7. The number of hydrogen-bond acceptors (Lipinski definition) is 4. The summed E-state index contributed by atoms with van der Waals surface area (Å²) in [6.07, 6.45) is 3.03. The molecule has 2 rings (SSSR count). The smallest absolute Gasteiger partial charge is 0.220 e. The van der Waals surface area contributed by atoms with Crippen LogP contribution in [0.4, 0.5) is 0 Å². The molecule has 0 aromatic heterocycles. The zero-order chi connectivity index (χ0) is 22.6. The van der Waals surface area contributed by atoms with E-state index in [4.69, 9.17) is 9.47 Å². The quantitative estimate of drug-likeness (QED) is 0.456. The monoisotopic (exact) mass is 423 g/mol. The molecular formula is C26H33NO4. The lowest BCUT2D eigenvalue weighted by molar-refractivity contribution is -0.122. The van der Waals surface area contributed by atoms with E-state index in [9.17, 15) is 9.59 Å². The molecule has 5 nitrogen and oxygen atoms in total. The van der Waals surface area contributed by atoms with Gasteiger partial charge in [-0.2, -0.15) is 0 Å². The number of ketones is 1. The highest BCUT2D eigenvalue weighted by Crippen LogP contribution is 2.24. The van der Waals surface area contributed by atoms with E-state index in [1.165, 1.54) is 0 Å². The van der Waals surface area contributed by atoms with Crippen LogP contribution >= 0.6 is 0 Å². The molecule has 0 unspecified atom stereocenters. The average molecular weight is 424 g/mol. The molecule has 0 bridgehead atoms. The van der Waals surface area contributed by atoms with Crippen molar-refractivity contribution in [1.29, 1.82) is 0 Å². The number of amides is 1. The van der Waals surface area contributed by atoms with Crippen molar-refractivity contribution in [3.63, 3.8) is 0 Å². The van der Waals surface area contributed by atoms with Gasteiger partial charge in [0.1, 0.15) is 11.5 Å². The second-order valence-corrected chi connectivity index (χ2v) is 7.63. The van der Waals surface area contributed by atoms with E-state index < -0.39 is 0 Å². The molecule has 2 aromatic carbocycles. The molecule has 5 heteroatoms. The summed E-state index contributed by atoms with van der Waals surface area (Å²) in [6, 6.07) is 15.9. The van der Waals surface area contributed by atoms with Crippen LogP contribution in [0.5, 0.6) is 5.75 Å². The van der Waals surface area contributed by atoms with Crippen molar-refractivity contribution < 1.29 is 19.1 Å². The molecule has 2 aromatic rings. The third-order valence-corrected chi connectivity index (χ3v) is 5.13. The number of carbonyl (C=O) groups is 2. The fourth-order valence-corrected chi connectivity index (χ4v) is 3.41. The van der Waals surface area contributed by atoms with E-state index in [0.717, 1.165) is 28.9 Å². The molecule has 0 saturated heterocycles. The minimum absolute atomic E-state index is 0.0968. The summed E-state index contributed by atoms with van der Waals surface area (Å²) in [7, 11) is 3.20. The maximum absolute atomic E-state index is 12.4. The number of benzene rings is 2. The van der Waals surface area contributed by atoms with Gasteiger partial charge in [-0.05, 0) is 41.7 Å². The van der Waals surface area contributed by atoms with Gasteiger partial charge in [0, 0.05) is 31.7 Å². The lowest BCUT2D eigenvalue weighted by Crippen LogP contribution is -2.38. The van der Waals surface area contributed by atoms with Crippen molar-refractivity contribution in [3.05, 3.63) is 66.4 Å². The van der Waals surface area contributed by atoms with Gasteiger partial charge >= 0.3 is 0 Å². The lowest BCUT2D eigenvalue weighted by atomic mass is 9.97. The van der Waals surface area contributed by atoms with Crippen LogP contribution < -0.4 is 10.1 Å². The molecule has 1 N–H and O–H groups in total. The highest BCUT2D eigenvalue weighted by molar-refractivity contribution is 5.81. The molecule has 166 valence electrons. The van der Waals surface area contributed by atoms with Gasteiger partial charge in [0.2, 0.25) is 5.91 Å². The minimum atomic E-state index is -0.231. The fraction of sp³-hybridized carbons (Fsp3) is 0.385. The summed E-state index contributed by atoms with van der Waals surface area (Å²) in [4.78, 5) is 24.6. The van der Waals surface area contributed by atoms with E-state index in [0.29, 0.717) is 37.9 Å². The van der Waals surface area contributed by atoms with E-state index in [1.54, 1.807) is 14.2 Å². The molecule has 1 amide bonds. The Kier molecular flexibility index (Phi) is 9.82. The molecule has 0 aliphatic carbocycles. The Hall–Kier alpha value is -3.08. The molecule has 0 fully saturated rings. The number of Topliss-reactive ketones (excluding diaryl/α,β-unsaturated/α-hetero) is 1. The highest BCUT2D eigenvalue weighted by atomic mass is 16.5. The Labute approximate surface area is 185 Å². The van der Waals surface area contributed by atoms with Crippen LogP contribution in [0.3, 0.4) is 0 Å². The van der Waals surface area contributed by atoms with Gasteiger partial charge in [0.15, 0.2) is 0 Å². The molecule has 31 heavy (non-hydrogen) atoms. The first-order chi connectivity index (χ1) is 14.9. The van der Waals surface area contributed by atoms with E-state index >= 15 is 0 Å². The van der Waals surface area contributed by atoms with Crippen molar-refractivity contribution >= 4 is 11.7 Å². The van der Waals surface area contributed by atoms with Crippen LogP contribution in [0.15, 0.2) is 60.9 Å². The van der Waals surface area contributed by atoms with Crippen molar-refractivity contribution in [2.45, 2.75) is 51.5 Å². The Morgan fingerprint density at radius 1 is 1.00 bits per heavy atom. The SMILES string of the molecule is C=C(CCC(=O)N[C@@H](CC(=O)CCC)Cc1ccc(-c2cccc(OC)c2)cc1)OC. The zero-order valence-corrected chi connectivity index (χ0v) is 18.8. The van der Waals surface area contributed by atoms with E-state index in [-0.39, 0.29) is 17.7 Å². The minimum Gasteiger partial charge on any atom is -0.502 e. The standard InChI is InChI=1S/C26H33NO4/c1-5-7-24(28)18-23(27-26(29)15-10-19(2)30-3)16-20-11-13-21(14-12-20)22-8-6-9-25(17-22)31-4/h6,8-9,11-14,17,23H,2,5,7,10,15-16,18H2,1,3-4H3,(H,27,29)/t23-/m1/s1. The molecule has 0 saturated carbocycles. The molecule has 0 aliphatic rings. The summed E-state index contributed by atoms with van der Waals surface area (Å²) in [5.41, 5.74) is 3.23. The van der Waals surface area contributed by atoms with Gasteiger partial charge < -0.3 is 14.8 Å². The number of hydrogen-bond donors (Lipinski definition) is 1. The molecular weight excluding hydrogens is 390 g/mol. The van der Waals surface area contributed by atoms with Crippen LogP contribution in [0.1, 0.15) is 44.6 Å². The molecule has 0 spiro atoms. The number of rotatable bonds is 13. The van der Waals surface area contributed by atoms with Crippen LogP contribution in [-0.2, 0) is 20.7 Å². The molecule has 1 atom stereocenters. The number of carbonyl (C=O) groups excluding carboxylic acids is 2. The second-order valence-electron chi connectivity index (χ2n) is 7.63. The van der Waals surface area contributed by atoms with E-state index in [1.807, 2.05) is 43.3 Å². The largest absolute Gasteiger partial charge is 0.502 e. The first kappa shape index (κ1) is 24.2. The zero-order valence-electron chi connectivity index (χ0n) is 18.8. The molecule has 0 radical (unpaired) electrons. The van der Waals surface area contributed by atoms with Crippen LogP contribution in [0.2, 0.25) is 0 Å². The van der Waals surface area contributed by atoms with Crippen molar-refractivity contribution in [2.24, 2.45) is 0 Å². The summed E-state index contributed by atoms with van der Waals surface area (Å²) in [5, 5.41) is 3.02. The average Bonchev–Trinajstić information content (AvgIpc) is 2.78. The topological polar surface area (TPSA) is 64.6 Å².